The molecule has 44 heavy (non-hydrogen) atoms. The Labute approximate surface area is 259 Å². The monoisotopic (exact) mass is 592 g/mol. The first-order valence-electron chi connectivity index (χ1n) is 16.5. The van der Waals surface area contributed by atoms with E-state index in [2.05, 4.69) is 39.5 Å². The molecule has 7 rings (SSSR count). The second-order valence-electron chi connectivity index (χ2n) is 12.9. The number of benzene rings is 2. The van der Waals surface area contributed by atoms with Crippen LogP contribution in [0.1, 0.15) is 87.3 Å². The molecule has 2 aliphatic carbocycles. The zero-order valence-corrected chi connectivity index (χ0v) is 25.4. The SMILES string of the molecule is NC1CCC(Nc2nc(NC3CCN(C(=O)C(c4ccccc4)c4ccccc4)CC3)c3ncn(C4CCCC4)c3n2)CC1. The Morgan fingerprint density at radius 3 is 2.02 bits per heavy atom. The maximum atomic E-state index is 14.0. The molecule has 2 aromatic heterocycles. The Kier molecular flexibility index (Phi) is 8.46. The summed E-state index contributed by atoms with van der Waals surface area (Å²) in [5.41, 5.74) is 9.97. The van der Waals surface area contributed by atoms with Gasteiger partial charge in [-0.25, -0.2) is 4.98 Å². The molecule has 1 aliphatic heterocycles. The number of rotatable bonds is 8. The van der Waals surface area contributed by atoms with Gasteiger partial charge in [0.2, 0.25) is 11.9 Å². The molecule has 0 spiro atoms. The van der Waals surface area contributed by atoms with Crippen LogP contribution in [-0.4, -0.2) is 61.5 Å². The number of amides is 1. The molecule has 3 fully saturated rings. The lowest BCUT2D eigenvalue weighted by molar-refractivity contribution is -0.132. The van der Waals surface area contributed by atoms with E-state index < -0.39 is 0 Å². The van der Waals surface area contributed by atoms with E-state index in [4.69, 9.17) is 20.7 Å². The number of carbonyl (C=O) groups excluding carboxylic acids is 1. The molecule has 2 aromatic carbocycles. The number of hydrogen-bond donors (Lipinski definition) is 3. The van der Waals surface area contributed by atoms with Gasteiger partial charge in [0.05, 0.1) is 12.2 Å². The Bertz CT molecular complexity index is 1500. The number of piperidine rings is 1. The van der Waals surface area contributed by atoms with Crippen LogP contribution in [0.25, 0.3) is 11.2 Å². The zero-order valence-electron chi connectivity index (χ0n) is 25.4. The summed E-state index contributed by atoms with van der Waals surface area (Å²) in [7, 11) is 0. The van der Waals surface area contributed by atoms with Gasteiger partial charge in [0.25, 0.3) is 0 Å². The van der Waals surface area contributed by atoms with Gasteiger partial charge in [0.1, 0.15) is 0 Å². The lowest BCUT2D eigenvalue weighted by Crippen LogP contribution is -2.44. The topological polar surface area (TPSA) is 114 Å². The lowest BCUT2D eigenvalue weighted by Gasteiger charge is -2.35. The summed E-state index contributed by atoms with van der Waals surface area (Å²) in [5, 5.41) is 7.37. The van der Waals surface area contributed by atoms with Crippen LogP contribution in [-0.2, 0) is 4.79 Å². The molecule has 2 saturated carbocycles. The first-order valence-corrected chi connectivity index (χ1v) is 16.5. The molecule has 0 bridgehead atoms. The smallest absolute Gasteiger partial charge is 0.234 e. The summed E-state index contributed by atoms with van der Waals surface area (Å²) in [6.07, 6.45) is 12.6. The van der Waals surface area contributed by atoms with Gasteiger partial charge in [-0.1, -0.05) is 73.5 Å². The van der Waals surface area contributed by atoms with Crippen molar-refractivity contribution in [1.82, 2.24) is 24.4 Å². The third kappa shape index (κ3) is 6.15. The van der Waals surface area contributed by atoms with E-state index >= 15 is 0 Å². The number of likely N-dealkylation sites (tertiary alicyclic amines) is 1. The normalized spacial score (nSPS) is 21.6. The molecule has 1 amide bonds. The fraction of sp³-hybridized carbons (Fsp3) is 0.486. The molecule has 4 N–H and O–H groups in total. The predicted octanol–water partition coefficient (Wildman–Crippen LogP) is 5.86. The molecule has 9 nitrogen and oxygen atoms in total. The van der Waals surface area contributed by atoms with Gasteiger partial charge in [-0.3, -0.25) is 4.79 Å². The van der Waals surface area contributed by atoms with E-state index in [1.807, 2.05) is 47.6 Å². The highest BCUT2D eigenvalue weighted by atomic mass is 16.2. The van der Waals surface area contributed by atoms with Crippen molar-refractivity contribution in [3.63, 3.8) is 0 Å². The van der Waals surface area contributed by atoms with Gasteiger partial charge in [-0.2, -0.15) is 9.97 Å². The molecule has 0 unspecified atom stereocenters. The van der Waals surface area contributed by atoms with Crippen LogP contribution in [0, 0.1) is 0 Å². The largest absolute Gasteiger partial charge is 0.365 e. The van der Waals surface area contributed by atoms with Crippen molar-refractivity contribution >= 4 is 28.8 Å². The van der Waals surface area contributed by atoms with Crippen molar-refractivity contribution in [1.29, 1.82) is 0 Å². The Morgan fingerprint density at radius 1 is 0.773 bits per heavy atom. The van der Waals surface area contributed by atoms with E-state index in [1.165, 1.54) is 25.7 Å². The minimum atomic E-state index is -0.300. The highest BCUT2D eigenvalue weighted by molar-refractivity contribution is 5.87. The fourth-order valence-corrected chi connectivity index (χ4v) is 7.37. The molecule has 3 aliphatic rings. The van der Waals surface area contributed by atoms with Crippen LogP contribution in [0.15, 0.2) is 67.0 Å². The summed E-state index contributed by atoms with van der Waals surface area (Å²) in [4.78, 5) is 30.8. The van der Waals surface area contributed by atoms with Crippen LogP contribution in [0.5, 0.6) is 0 Å². The summed E-state index contributed by atoms with van der Waals surface area (Å²) in [6, 6.07) is 21.5. The molecular weight excluding hydrogens is 548 g/mol. The van der Waals surface area contributed by atoms with Gasteiger partial charge in [0.15, 0.2) is 17.0 Å². The molecule has 1 saturated heterocycles. The number of nitrogens with two attached hydrogens (primary N) is 1. The lowest BCUT2D eigenvalue weighted by atomic mass is 9.89. The van der Waals surface area contributed by atoms with E-state index in [0.29, 0.717) is 37.2 Å². The Morgan fingerprint density at radius 2 is 1.39 bits per heavy atom. The molecule has 0 radical (unpaired) electrons. The minimum absolute atomic E-state index is 0.166. The number of anilines is 2. The standard InChI is InChI=1S/C35H44N8O/c36-26-15-17-27(18-16-26)39-35-40-32(31-33(41-35)43(23-37-31)29-13-7-8-14-29)38-28-19-21-42(22-20-28)34(44)30(24-9-3-1-4-10-24)25-11-5-2-6-12-25/h1-6,9-12,23,26-30H,7-8,13-22,36H2,(H2,38,39,40,41). The molecule has 3 heterocycles. The predicted molar refractivity (Wildman–Crippen MR) is 175 cm³/mol. The molecule has 230 valence electrons. The van der Waals surface area contributed by atoms with Crippen LogP contribution >= 0.6 is 0 Å². The number of hydrogen-bond acceptors (Lipinski definition) is 7. The maximum absolute atomic E-state index is 14.0. The number of carbonyl (C=O) groups is 1. The molecule has 9 heteroatoms. The third-order valence-corrected chi connectivity index (χ3v) is 9.90. The van der Waals surface area contributed by atoms with Crippen LogP contribution in [0.4, 0.5) is 11.8 Å². The van der Waals surface area contributed by atoms with Crippen molar-refractivity contribution in [2.75, 3.05) is 23.7 Å². The summed E-state index contributed by atoms with van der Waals surface area (Å²) in [5.74, 6) is 1.32. The van der Waals surface area contributed by atoms with Crippen LogP contribution in [0.2, 0.25) is 0 Å². The Balaban J connectivity index is 1.08. The van der Waals surface area contributed by atoms with Gasteiger partial charge in [-0.05, 0) is 62.5 Å². The maximum Gasteiger partial charge on any atom is 0.234 e. The van der Waals surface area contributed by atoms with Crippen molar-refractivity contribution in [2.24, 2.45) is 5.73 Å². The van der Waals surface area contributed by atoms with Gasteiger partial charge >= 0.3 is 0 Å². The third-order valence-electron chi connectivity index (χ3n) is 9.90. The quantitative estimate of drug-likeness (QED) is 0.235. The van der Waals surface area contributed by atoms with E-state index in [0.717, 1.165) is 66.6 Å². The van der Waals surface area contributed by atoms with E-state index in [-0.39, 0.29) is 17.9 Å². The fourth-order valence-electron chi connectivity index (χ4n) is 7.37. The highest BCUT2D eigenvalue weighted by Crippen LogP contribution is 2.34. The van der Waals surface area contributed by atoms with Crippen molar-refractivity contribution in [3.05, 3.63) is 78.1 Å². The summed E-state index contributed by atoms with van der Waals surface area (Å²) >= 11 is 0. The van der Waals surface area contributed by atoms with Crippen molar-refractivity contribution < 1.29 is 4.79 Å². The zero-order chi connectivity index (χ0) is 29.9. The number of nitrogens with one attached hydrogen (secondary N) is 2. The number of imidazole rings is 1. The van der Waals surface area contributed by atoms with Gasteiger partial charge < -0.3 is 25.8 Å². The summed E-state index contributed by atoms with van der Waals surface area (Å²) < 4.78 is 2.27. The van der Waals surface area contributed by atoms with E-state index in [9.17, 15) is 4.79 Å². The first-order chi connectivity index (χ1) is 21.6. The molecule has 4 aromatic rings. The van der Waals surface area contributed by atoms with E-state index in [1.54, 1.807) is 0 Å². The van der Waals surface area contributed by atoms with Crippen molar-refractivity contribution in [2.45, 2.75) is 94.3 Å². The highest BCUT2D eigenvalue weighted by Gasteiger charge is 2.31. The molecule has 0 atom stereocenters. The average molecular weight is 593 g/mol. The number of nitrogens with zero attached hydrogens (tertiary/aromatic N) is 5. The average Bonchev–Trinajstić information content (AvgIpc) is 3.74. The van der Waals surface area contributed by atoms with Gasteiger partial charge in [-0.15, -0.1) is 0 Å². The Hall–Kier alpha value is -3.98. The van der Waals surface area contributed by atoms with Crippen LogP contribution < -0.4 is 16.4 Å². The van der Waals surface area contributed by atoms with Gasteiger partial charge in [0, 0.05) is 37.3 Å². The minimum Gasteiger partial charge on any atom is -0.365 e. The first kappa shape index (κ1) is 28.8. The number of fused-ring (bicyclic) bond motifs is 1. The second kappa shape index (κ2) is 12.9. The van der Waals surface area contributed by atoms with Crippen LogP contribution in [0.3, 0.4) is 0 Å². The number of aromatic nitrogens is 4. The molecular formula is C35H44N8O. The summed E-state index contributed by atoms with van der Waals surface area (Å²) in [6.45, 7) is 1.40. The second-order valence-corrected chi connectivity index (χ2v) is 12.9. The van der Waals surface area contributed by atoms with Crippen molar-refractivity contribution in [3.8, 4) is 0 Å².